The first kappa shape index (κ1) is 14.7. The Balaban J connectivity index is 2.01. The van der Waals surface area contributed by atoms with E-state index < -0.39 is 0 Å². The first-order valence-corrected chi connectivity index (χ1v) is 6.56. The van der Waals surface area contributed by atoms with E-state index >= 15 is 0 Å². The molecule has 1 fully saturated rings. The van der Waals surface area contributed by atoms with Gasteiger partial charge < -0.3 is 15.0 Å². The summed E-state index contributed by atoms with van der Waals surface area (Å²) in [6.07, 6.45) is 5.88. The number of hydrogen-bond acceptors (Lipinski definition) is 4. The fraction of sp³-hybridized carbons (Fsp3) is 0.692. The molecule has 0 aliphatic carbocycles. The van der Waals surface area contributed by atoms with Gasteiger partial charge in [-0.3, -0.25) is 4.79 Å². The second kappa shape index (κ2) is 8.69. The highest BCUT2D eigenvalue weighted by atomic mass is 16.5. The van der Waals surface area contributed by atoms with Gasteiger partial charge >= 0.3 is 5.97 Å². The summed E-state index contributed by atoms with van der Waals surface area (Å²) in [5.41, 5.74) is 0. The van der Waals surface area contributed by atoms with E-state index in [9.17, 15) is 9.59 Å². The number of ether oxygens (including phenoxy) is 1. The van der Waals surface area contributed by atoms with Crippen LogP contribution in [0.15, 0.2) is 12.2 Å². The molecule has 1 rings (SSSR count). The van der Waals surface area contributed by atoms with Gasteiger partial charge in [-0.05, 0) is 19.8 Å². The summed E-state index contributed by atoms with van der Waals surface area (Å²) in [4.78, 5) is 24.5. The minimum absolute atomic E-state index is 0.217. The second-order valence-electron chi connectivity index (χ2n) is 4.20. The van der Waals surface area contributed by atoms with E-state index in [2.05, 4.69) is 5.32 Å². The number of hydrogen-bond donors (Lipinski definition) is 1. The summed E-state index contributed by atoms with van der Waals surface area (Å²) in [5, 5.41) is 3.10. The third kappa shape index (κ3) is 5.82. The molecule has 1 N–H and O–H groups in total. The van der Waals surface area contributed by atoms with Crippen LogP contribution in [-0.2, 0) is 14.3 Å². The van der Waals surface area contributed by atoms with Crippen molar-refractivity contribution in [2.75, 3.05) is 32.8 Å². The first-order chi connectivity index (χ1) is 8.74. The van der Waals surface area contributed by atoms with Gasteiger partial charge in [0.05, 0.1) is 6.61 Å². The van der Waals surface area contributed by atoms with Crippen LogP contribution in [0.3, 0.4) is 0 Å². The topological polar surface area (TPSA) is 58.6 Å². The maximum atomic E-state index is 11.7. The smallest absolute Gasteiger partial charge is 0.330 e. The van der Waals surface area contributed by atoms with Crippen LogP contribution in [-0.4, -0.2) is 49.6 Å². The highest BCUT2D eigenvalue weighted by Gasteiger charge is 2.16. The van der Waals surface area contributed by atoms with Gasteiger partial charge in [0.2, 0.25) is 5.91 Å². The maximum absolute atomic E-state index is 11.7. The lowest BCUT2D eigenvalue weighted by molar-refractivity contribution is -0.137. The predicted octanol–water partition coefficient (Wildman–Crippen LogP) is 0.708. The number of carbonyl (C=O) groups is 2. The third-order valence-corrected chi connectivity index (χ3v) is 2.78. The molecule has 18 heavy (non-hydrogen) atoms. The lowest BCUT2D eigenvalue weighted by Gasteiger charge is -2.14. The summed E-state index contributed by atoms with van der Waals surface area (Å²) in [6.45, 7) is 5.19. The predicted molar refractivity (Wildman–Crippen MR) is 69.1 cm³/mol. The summed E-state index contributed by atoms with van der Waals surface area (Å²) < 4.78 is 4.74. The Labute approximate surface area is 108 Å². The SMILES string of the molecule is CCOC(=O)/C=C/CNCCC(=O)N1CCCC1. The van der Waals surface area contributed by atoms with Gasteiger partial charge in [-0.25, -0.2) is 4.79 Å². The molecule has 0 saturated carbocycles. The van der Waals surface area contributed by atoms with Gasteiger partial charge in [-0.1, -0.05) is 6.08 Å². The molecule has 0 aromatic carbocycles. The Kier molecular flexibility index (Phi) is 7.10. The number of rotatable bonds is 7. The summed E-state index contributed by atoms with van der Waals surface area (Å²) in [5.74, 6) is -0.109. The number of nitrogens with one attached hydrogen (secondary N) is 1. The first-order valence-electron chi connectivity index (χ1n) is 6.56. The van der Waals surface area contributed by atoms with Crippen LogP contribution < -0.4 is 5.32 Å². The molecule has 1 amide bonds. The molecule has 5 heteroatoms. The average molecular weight is 254 g/mol. The van der Waals surface area contributed by atoms with Crippen molar-refractivity contribution >= 4 is 11.9 Å². The van der Waals surface area contributed by atoms with Gasteiger partial charge in [0.25, 0.3) is 0 Å². The van der Waals surface area contributed by atoms with Gasteiger partial charge in [0.15, 0.2) is 0 Å². The Morgan fingerprint density at radius 2 is 2.06 bits per heavy atom. The lowest BCUT2D eigenvalue weighted by atomic mass is 10.3. The molecule has 1 aliphatic heterocycles. The molecule has 0 bridgehead atoms. The quantitative estimate of drug-likeness (QED) is 0.413. The summed E-state index contributed by atoms with van der Waals surface area (Å²) in [6, 6.07) is 0. The third-order valence-electron chi connectivity index (χ3n) is 2.78. The molecule has 0 aromatic heterocycles. The highest BCUT2D eigenvalue weighted by molar-refractivity contribution is 5.81. The van der Waals surface area contributed by atoms with Gasteiger partial charge in [0.1, 0.15) is 0 Å². The Morgan fingerprint density at radius 3 is 2.72 bits per heavy atom. The molecule has 1 aliphatic rings. The number of amides is 1. The molecule has 5 nitrogen and oxygen atoms in total. The number of carbonyl (C=O) groups excluding carboxylic acids is 2. The van der Waals surface area contributed by atoms with Crippen molar-refractivity contribution in [3.8, 4) is 0 Å². The van der Waals surface area contributed by atoms with Crippen molar-refractivity contribution < 1.29 is 14.3 Å². The van der Waals surface area contributed by atoms with Crippen molar-refractivity contribution in [1.82, 2.24) is 10.2 Å². The van der Waals surface area contributed by atoms with Crippen LogP contribution in [0.1, 0.15) is 26.2 Å². The van der Waals surface area contributed by atoms with Crippen LogP contribution in [0.5, 0.6) is 0 Å². The zero-order valence-electron chi connectivity index (χ0n) is 11.0. The van der Waals surface area contributed by atoms with Crippen molar-refractivity contribution in [3.05, 3.63) is 12.2 Å². The van der Waals surface area contributed by atoms with E-state index in [0.717, 1.165) is 25.9 Å². The minimum Gasteiger partial charge on any atom is -0.463 e. The van der Waals surface area contributed by atoms with Crippen LogP contribution >= 0.6 is 0 Å². The van der Waals surface area contributed by atoms with Gasteiger partial charge in [0, 0.05) is 38.7 Å². The molecule has 102 valence electrons. The van der Waals surface area contributed by atoms with Crippen LogP contribution in [0.4, 0.5) is 0 Å². The highest BCUT2D eigenvalue weighted by Crippen LogP contribution is 2.08. The van der Waals surface area contributed by atoms with Gasteiger partial charge in [-0.15, -0.1) is 0 Å². The van der Waals surface area contributed by atoms with E-state index in [1.165, 1.54) is 6.08 Å². The molecule has 0 radical (unpaired) electrons. The fourth-order valence-corrected chi connectivity index (χ4v) is 1.85. The molecule has 0 atom stereocenters. The zero-order valence-corrected chi connectivity index (χ0v) is 11.0. The van der Waals surface area contributed by atoms with E-state index in [1.54, 1.807) is 13.0 Å². The molecule has 0 aromatic rings. The summed E-state index contributed by atoms with van der Waals surface area (Å²) in [7, 11) is 0. The Hall–Kier alpha value is -1.36. The van der Waals surface area contributed by atoms with Crippen LogP contribution in [0, 0.1) is 0 Å². The maximum Gasteiger partial charge on any atom is 0.330 e. The molecule has 1 heterocycles. The average Bonchev–Trinajstić information content (AvgIpc) is 2.87. The van der Waals surface area contributed by atoms with Crippen molar-refractivity contribution in [2.24, 2.45) is 0 Å². The van der Waals surface area contributed by atoms with E-state index in [-0.39, 0.29) is 11.9 Å². The van der Waals surface area contributed by atoms with E-state index in [4.69, 9.17) is 4.74 Å². The fourth-order valence-electron chi connectivity index (χ4n) is 1.85. The van der Waals surface area contributed by atoms with Crippen LogP contribution in [0.2, 0.25) is 0 Å². The van der Waals surface area contributed by atoms with Crippen LogP contribution in [0.25, 0.3) is 0 Å². The normalized spacial score (nSPS) is 15.3. The van der Waals surface area contributed by atoms with Gasteiger partial charge in [-0.2, -0.15) is 0 Å². The number of nitrogens with zero attached hydrogens (tertiary/aromatic N) is 1. The molecule has 0 unspecified atom stereocenters. The van der Waals surface area contributed by atoms with Crippen molar-refractivity contribution in [1.29, 1.82) is 0 Å². The molecule has 0 spiro atoms. The van der Waals surface area contributed by atoms with Crippen molar-refractivity contribution in [2.45, 2.75) is 26.2 Å². The zero-order chi connectivity index (χ0) is 13.2. The Morgan fingerprint density at radius 1 is 1.33 bits per heavy atom. The largest absolute Gasteiger partial charge is 0.463 e. The minimum atomic E-state index is -0.326. The monoisotopic (exact) mass is 254 g/mol. The van der Waals surface area contributed by atoms with E-state index in [0.29, 0.717) is 26.1 Å². The lowest BCUT2D eigenvalue weighted by Crippen LogP contribution is -2.30. The number of likely N-dealkylation sites (tertiary alicyclic amines) is 1. The van der Waals surface area contributed by atoms with Crippen molar-refractivity contribution in [3.63, 3.8) is 0 Å². The standard InChI is InChI=1S/C13H22N2O3/c1-2-18-13(17)6-5-8-14-9-7-12(16)15-10-3-4-11-15/h5-6,14H,2-4,7-11H2,1H3/b6-5+. The Bertz CT molecular complexity index is 297. The molecule has 1 saturated heterocycles. The second-order valence-corrected chi connectivity index (χ2v) is 4.20. The summed E-state index contributed by atoms with van der Waals surface area (Å²) >= 11 is 0. The number of esters is 1. The molecular weight excluding hydrogens is 232 g/mol. The van der Waals surface area contributed by atoms with E-state index in [1.807, 2.05) is 4.90 Å². The molecular formula is C13H22N2O3.